The Morgan fingerprint density at radius 2 is 1.96 bits per heavy atom. The molecule has 0 saturated heterocycles. The van der Waals surface area contributed by atoms with Crippen molar-refractivity contribution >= 4 is 5.97 Å². The molecule has 27 heavy (non-hydrogen) atoms. The second-order valence-electron chi connectivity index (χ2n) is 7.30. The predicted octanol–water partition coefficient (Wildman–Crippen LogP) is 4.69. The van der Waals surface area contributed by atoms with Gasteiger partial charge < -0.3 is 14.9 Å². The van der Waals surface area contributed by atoms with Crippen LogP contribution >= 0.6 is 0 Å². The third kappa shape index (κ3) is 8.30. The Morgan fingerprint density at radius 3 is 2.63 bits per heavy atom. The highest BCUT2D eigenvalue weighted by molar-refractivity contribution is 5.77. The molecule has 1 aliphatic rings. The highest BCUT2D eigenvalue weighted by atomic mass is 16.6. The van der Waals surface area contributed by atoms with Gasteiger partial charge in [0.2, 0.25) is 0 Å². The molecular formula is C23H36O4. The Balaban J connectivity index is 2.54. The first kappa shape index (κ1) is 23.4. The summed E-state index contributed by atoms with van der Waals surface area (Å²) in [5.41, 5.74) is 2.97. The van der Waals surface area contributed by atoms with Crippen molar-refractivity contribution in [1.29, 1.82) is 0 Å². The molecule has 0 bridgehead atoms. The van der Waals surface area contributed by atoms with Gasteiger partial charge in [0.15, 0.2) is 0 Å². The van der Waals surface area contributed by atoms with Crippen molar-refractivity contribution < 1.29 is 19.7 Å². The molecule has 152 valence electrons. The van der Waals surface area contributed by atoms with Gasteiger partial charge in [-0.15, -0.1) is 5.73 Å². The first-order valence-electron chi connectivity index (χ1n) is 10.2. The quantitative estimate of drug-likeness (QED) is 0.170. The van der Waals surface area contributed by atoms with E-state index >= 15 is 0 Å². The maximum Gasteiger partial charge on any atom is 0.366 e. The van der Waals surface area contributed by atoms with Gasteiger partial charge in [0, 0.05) is 6.42 Å². The van der Waals surface area contributed by atoms with Crippen LogP contribution in [0.4, 0.5) is 0 Å². The molecule has 4 heteroatoms. The lowest BCUT2D eigenvalue weighted by Crippen LogP contribution is -2.38. The van der Waals surface area contributed by atoms with E-state index in [9.17, 15) is 15.0 Å². The number of aliphatic hydroxyl groups is 2. The van der Waals surface area contributed by atoms with Gasteiger partial charge in [-0.05, 0) is 55.6 Å². The highest BCUT2D eigenvalue weighted by Crippen LogP contribution is 2.36. The number of carbonyl (C=O) groups excluding carboxylic acids is 1. The average Bonchev–Trinajstić information content (AvgIpc) is 3.05. The molecule has 0 heterocycles. The van der Waals surface area contributed by atoms with Crippen molar-refractivity contribution in [2.75, 3.05) is 7.11 Å². The molecule has 0 radical (unpaired) electrons. The summed E-state index contributed by atoms with van der Waals surface area (Å²) in [7, 11) is 1.12. The number of allylic oxidation sites excluding steroid dienone is 4. The van der Waals surface area contributed by atoms with Gasteiger partial charge in [0.25, 0.3) is 5.79 Å². The van der Waals surface area contributed by atoms with Crippen molar-refractivity contribution in [3.8, 4) is 0 Å². The number of ether oxygens (including phenoxy) is 1. The molecule has 4 nitrogen and oxygen atoms in total. The number of rotatable bonds is 12. The molecule has 1 aliphatic carbocycles. The average molecular weight is 377 g/mol. The lowest BCUT2D eigenvalue weighted by atomic mass is 9.83. The first-order chi connectivity index (χ1) is 13.0. The fourth-order valence-electron chi connectivity index (χ4n) is 3.50. The number of methoxy groups -OCH3 is 1. The van der Waals surface area contributed by atoms with Gasteiger partial charge in [-0.3, -0.25) is 0 Å². The van der Waals surface area contributed by atoms with Crippen LogP contribution in [0.5, 0.6) is 0 Å². The number of hydrogen-bond donors (Lipinski definition) is 2. The summed E-state index contributed by atoms with van der Waals surface area (Å²) in [5, 5.41) is 19.1. The predicted molar refractivity (Wildman–Crippen MR) is 109 cm³/mol. The Bertz CT molecular complexity index is 553. The third-order valence-electron chi connectivity index (χ3n) is 5.20. The van der Waals surface area contributed by atoms with Crippen molar-refractivity contribution in [3.05, 3.63) is 42.2 Å². The maximum absolute atomic E-state index is 11.2. The van der Waals surface area contributed by atoms with E-state index in [2.05, 4.69) is 48.6 Å². The molecule has 0 aromatic rings. The minimum Gasteiger partial charge on any atom is -0.465 e. The van der Waals surface area contributed by atoms with Gasteiger partial charge in [-0.2, -0.15) is 0 Å². The van der Waals surface area contributed by atoms with E-state index in [0.29, 0.717) is 17.8 Å². The van der Waals surface area contributed by atoms with Crippen LogP contribution in [0.3, 0.4) is 0 Å². The van der Waals surface area contributed by atoms with Gasteiger partial charge >= 0.3 is 5.97 Å². The van der Waals surface area contributed by atoms with Crippen LogP contribution in [0.15, 0.2) is 42.2 Å². The Hall–Kier alpha value is -1.61. The molecule has 0 fully saturated rings. The number of hydrogen-bond acceptors (Lipinski definition) is 4. The highest BCUT2D eigenvalue weighted by Gasteiger charge is 2.33. The molecule has 0 saturated carbocycles. The summed E-state index contributed by atoms with van der Waals surface area (Å²) in [4.78, 5) is 11.2. The third-order valence-corrected chi connectivity index (χ3v) is 5.20. The lowest BCUT2D eigenvalue weighted by molar-refractivity contribution is -0.205. The van der Waals surface area contributed by atoms with Crippen molar-refractivity contribution in [3.63, 3.8) is 0 Å². The number of unbranched alkanes of at least 4 members (excludes halogenated alkanes) is 4. The second kappa shape index (κ2) is 12.7. The molecule has 1 rings (SSSR count). The van der Waals surface area contributed by atoms with E-state index in [0.717, 1.165) is 26.4 Å². The van der Waals surface area contributed by atoms with E-state index in [1.54, 1.807) is 0 Å². The molecule has 0 spiro atoms. The van der Waals surface area contributed by atoms with Crippen LogP contribution in [0.2, 0.25) is 0 Å². The standard InChI is InChI=1S/C23H36O4/c1-4-6-7-8-9-11-14-20-17-16-19(5-2)21(20)15-12-10-13-18-23(25,26)22(24)27-3/h11-14,16-17,19-21,25-26H,4-9,15,18H2,1-3H3/t10?,19-,20-,21-/m0/s1. The Labute approximate surface area is 164 Å². The normalized spacial score (nSPS) is 22.0. The summed E-state index contributed by atoms with van der Waals surface area (Å²) in [5.74, 6) is -2.03. The second-order valence-corrected chi connectivity index (χ2v) is 7.30. The van der Waals surface area contributed by atoms with Gasteiger partial charge in [-0.1, -0.05) is 57.4 Å². The summed E-state index contributed by atoms with van der Waals surface area (Å²) in [6, 6.07) is 0. The monoisotopic (exact) mass is 376 g/mol. The van der Waals surface area contributed by atoms with E-state index in [4.69, 9.17) is 0 Å². The van der Waals surface area contributed by atoms with Crippen LogP contribution < -0.4 is 0 Å². The van der Waals surface area contributed by atoms with E-state index in [-0.39, 0.29) is 6.42 Å². The van der Waals surface area contributed by atoms with Crippen LogP contribution in [-0.4, -0.2) is 29.1 Å². The summed E-state index contributed by atoms with van der Waals surface area (Å²) >= 11 is 0. The molecule has 0 aromatic carbocycles. The van der Waals surface area contributed by atoms with Crippen LogP contribution in [0.25, 0.3) is 0 Å². The van der Waals surface area contributed by atoms with Gasteiger partial charge in [0.1, 0.15) is 0 Å². The van der Waals surface area contributed by atoms with Crippen LogP contribution in [0.1, 0.15) is 65.2 Å². The fourth-order valence-corrected chi connectivity index (χ4v) is 3.50. The van der Waals surface area contributed by atoms with Crippen LogP contribution in [-0.2, 0) is 9.53 Å². The zero-order valence-electron chi connectivity index (χ0n) is 17.1. The molecule has 3 atom stereocenters. The van der Waals surface area contributed by atoms with E-state index < -0.39 is 11.8 Å². The zero-order chi connectivity index (χ0) is 20.1. The summed E-state index contributed by atoms with van der Waals surface area (Å²) < 4.78 is 4.35. The van der Waals surface area contributed by atoms with Crippen molar-refractivity contribution in [2.45, 2.75) is 71.0 Å². The van der Waals surface area contributed by atoms with Crippen LogP contribution in [0, 0.1) is 17.8 Å². The molecule has 0 amide bonds. The first-order valence-corrected chi connectivity index (χ1v) is 10.2. The smallest absolute Gasteiger partial charge is 0.366 e. The Morgan fingerprint density at radius 1 is 1.19 bits per heavy atom. The van der Waals surface area contributed by atoms with E-state index in [1.807, 2.05) is 6.08 Å². The molecule has 0 aromatic heterocycles. The zero-order valence-corrected chi connectivity index (χ0v) is 17.1. The molecule has 0 aliphatic heterocycles. The topological polar surface area (TPSA) is 66.8 Å². The van der Waals surface area contributed by atoms with Crippen molar-refractivity contribution in [1.82, 2.24) is 0 Å². The Kier molecular flexibility index (Phi) is 11.0. The maximum atomic E-state index is 11.2. The van der Waals surface area contributed by atoms with Crippen molar-refractivity contribution in [2.24, 2.45) is 17.8 Å². The lowest BCUT2D eigenvalue weighted by Gasteiger charge is -2.21. The molecule has 2 N–H and O–H groups in total. The van der Waals surface area contributed by atoms with Gasteiger partial charge in [-0.25, -0.2) is 4.79 Å². The SMILES string of the molecule is CCCCCCC=C[C@H]1C=C[C@H](CC)[C@@H]1CC=C=CCC(O)(O)C(=O)OC. The number of carbonyl (C=O) groups is 1. The summed E-state index contributed by atoms with van der Waals surface area (Å²) in [6.07, 6.45) is 20.7. The minimum absolute atomic E-state index is 0.239. The molecule has 0 unspecified atom stereocenters. The largest absolute Gasteiger partial charge is 0.465 e. The fraction of sp³-hybridized carbons (Fsp3) is 0.652. The van der Waals surface area contributed by atoms with E-state index in [1.165, 1.54) is 31.8 Å². The number of esters is 1. The minimum atomic E-state index is -2.49. The molecular weight excluding hydrogens is 340 g/mol. The summed E-state index contributed by atoms with van der Waals surface area (Å²) in [6.45, 7) is 4.44. The van der Waals surface area contributed by atoms with Gasteiger partial charge in [0.05, 0.1) is 7.11 Å².